The van der Waals surface area contributed by atoms with Crippen LogP contribution in [0.5, 0.6) is 11.5 Å². The van der Waals surface area contributed by atoms with E-state index in [9.17, 15) is 14.5 Å². The Hall–Kier alpha value is -2.47. The topological polar surface area (TPSA) is 78.4 Å². The van der Waals surface area contributed by atoms with Crippen molar-refractivity contribution in [2.24, 2.45) is 5.73 Å². The van der Waals surface area contributed by atoms with Gasteiger partial charge in [-0.1, -0.05) is 18.2 Å². The summed E-state index contributed by atoms with van der Waals surface area (Å²) in [6.07, 6.45) is 0. The number of ether oxygens (including phenoxy) is 1. The third-order valence-corrected chi connectivity index (χ3v) is 2.79. The molecule has 2 aromatic rings. The predicted octanol–water partition coefficient (Wildman–Crippen LogP) is 3.29. The first-order chi connectivity index (χ1) is 9.52. The van der Waals surface area contributed by atoms with Crippen molar-refractivity contribution in [1.82, 2.24) is 0 Å². The van der Waals surface area contributed by atoms with Crippen LogP contribution in [0.1, 0.15) is 11.1 Å². The first-order valence-electron chi connectivity index (χ1n) is 5.93. The quantitative estimate of drug-likeness (QED) is 0.686. The molecule has 0 aliphatic heterocycles. The van der Waals surface area contributed by atoms with Crippen LogP contribution in [-0.2, 0) is 6.54 Å². The molecule has 2 rings (SSSR count). The average Bonchev–Trinajstić information content (AvgIpc) is 2.40. The fourth-order valence-corrected chi connectivity index (χ4v) is 1.79. The SMILES string of the molecule is Cc1ccc([N+](=O)[O-])c(Oc2c(F)cccc2CN)c1. The Kier molecular flexibility index (Phi) is 3.95. The van der Waals surface area contributed by atoms with Gasteiger partial charge in [0.25, 0.3) is 0 Å². The molecule has 0 atom stereocenters. The molecule has 0 saturated carbocycles. The highest BCUT2D eigenvalue weighted by molar-refractivity contribution is 5.51. The molecule has 0 saturated heterocycles. The minimum atomic E-state index is -0.608. The van der Waals surface area contributed by atoms with E-state index in [2.05, 4.69) is 0 Å². The van der Waals surface area contributed by atoms with E-state index in [-0.39, 0.29) is 23.7 Å². The van der Waals surface area contributed by atoms with E-state index in [1.807, 2.05) is 0 Å². The number of nitro benzene ring substituents is 1. The Morgan fingerprint density at radius 3 is 2.75 bits per heavy atom. The minimum absolute atomic E-state index is 0.00481. The number of hydrogen-bond acceptors (Lipinski definition) is 4. The second-order valence-corrected chi connectivity index (χ2v) is 4.26. The molecule has 0 unspecified atom stereocenters. The van der Waals surface area contributed by atoms with Crippen molar-refractivity contribution in [2.45, 2.75) is 13.5 Å². The van der Waals surface area contributed by atoms with Gasteiger partial charge in [-0.25, -0.2) is 4.39 Å². The lowest BCUT2D eigenvalue weighted by molar-refractivity contribution is -0.385. The van der Waals surface area contributed by atoms with Gasteiger partial charge in [0.2, 0.25) is 5.75 Å². The molecule has 5 nitrogen and oxygen atoms in total. The van der Waals surface area contributed by atoms with E-state index in [0.29, 0.717) is 5.56 Å². The third-order valence-electron chi connectivity index (χ3n) is 2.79. The van der Waals surface area contributed by atoms with Gasteiger partial charge in [-0.2, -0.15) is 0 Å². The van der Waals surface area contributed by atoms with Crippen LogP contribution in [0.3, 0.4) is 0 Å². The van der Waals surface area contributed by atoms with Gasteiger partial charge in [0.05, 0.1) is 4.92 Å². The Morgan fingerprint density at radius 2 is 2.10 bits per heavy atom. The van der Waals surface area contributed by atoms with E-state index in [1.54, 1.807) is 19.1 Å². The summed E-state index contributed by atoms with van der Waals surface area (Å²) >= 11 is 0. The molecule has 0 aliphatic carbocycles. The molecule has 0 heterocycles. The van der Waals surface area contributed by atoms with Crippen LogP contribution in [0.2, 0.25) is 0 Å². The highest BCUT2D eigenvalue weighted by Crippen LogP contribution is 2.34. The lowest BCUT2D eigenvalue weighted by atomic mass is 10.2. The largest absolute Gasteiger partial charge is 0.447 e. The normalized spacial score (nSPS) is 10.3. The smallest absolute Gasteiger partial charge is 0.311 e. The average molecular weight is 276 g/mol. The van der Waals surface area contributed by atoms with Gasteiger partial charge in [-0.15, -0.1) is 0 Å². The van der Waals surface area contributed by atoms with Crippen molar-refractivity contribution >= 4 is 5.69 Å². The summed E-state index contributed by atoms with van der Waals surface area (Å²) in [7, 11) is 0. The molecule has 6 heteroatoms. The van der Waals surface area contributed by atoms with E-state index in [1.165, 1.54) is 24.3 Å². The Bertz CT molecular complexity index is 659. The first kappa shape index (κ1) is 14.0. The molecular weight excluding hydrogens is 263 g/mol. The molecule has 0 aliphatic rings. The summed E-state index contributed by atoms with van der Waals surface area (Å²) in [5.74, 6) is -0.692. The van der Waals surface area contributed by atoms with Crippen LogP contribution in [0, 0.1) is 22.9 Å². The van der Waals surface area contributed by atoms with Crippen molar-refractivity contribution < 1.29 is 14.1 Å². The predicted molar refractivity (Wildman–Crippen MR) is 72.2 cm³/mol. The van der Waals surface area contributed by atoms with Crippen LogP contribution in [0.15, 0.2) is 36.4 Å². The number of hydrogen-bond donors (Lipinski definition) is 1. The fourth-order valence-electron chi connectivity index (χ4n) is 1.79. The molecule has 104 valence electrons. The van der Waals surface area contributed by atoms with Crippen molar-refractivity contribution in [2.75, 3.05) is 0 Å². The summed E-state index contributed by atoms with van der Waals surface area (Å²) in [5, 5.41) is 11.0. The zero-order valence-corrected chi connectivity index (χ0v) is 10.8. The maximum atomic E-state index is 13.8. The summed E-state index contributed by atoms with van der Waals surface area (Å²) in [4.78, 5) is 10.4. The maximum Gasteiger partial charge on any atom is 0.311 e. The minimum Gasteiger partial charge on any atom is -0.447 e. The number of nitrogens with two attached hydrogens (primary N) is 1. The van der Waals surface area contributed by atoms with Gasteiger partial charge < -0.3 is 10.5 Å². The second-order valence-electron chi connectivity index (χ2n) is 4.26. The van der Waals surface area contributed by atoms with Crippen LogP contribution >= 0.6 is 0 Å². The van der Waals surface area contributed by atoms with Crippen molar-refractivity contribution in [1.29, 1.82) is 0 Å². The monoisotopic (exact) mass is 276 g/mol. The number of nitrogens with zero attached hydrogens (tertiary/aromatic N) is 1. The summed E-state index contributed by atoms with van der Waals surface area (Å²) in [5.41, 5.74) is 6.52. The first-order valence-corrected chi connectivity index (χ1v) is 5.93. The molecular formula is C14H13FN2O3. The number of rotatable bonds is 4. The van der Waals surface area contributed by atoms with Crippen molar-refractivity contribution in [3.63, 3.8) is 0 Å². The third kappa shape index (κ3) is 2.75. The Morgan fingerprint density at radius 1 is 1.35 bits per heavy atom. The van der Waals surface area contributed by atoms with Gasteiger partial charge in [-0.05, 0) is 24.6 Å². The van der Waals surface area contributed by atoms with Crippen LogP contribution in [0.4, 0.5) is 10.1 Å². The van der Waals surface area contributed by atoms with Crippen LogP contribution in [-0.4, -0.2) is 4.92 Å². The Balaban J connectivity index is 2.50. The molecule has 0 fully saturated rings. The van der Waals surface area contributed by atoms with Gasteiger partial charge in [0.1, 0.15) is 0 Å². The zero-order chi connectivity index (χ0) is 14.7. The molecule has 0 spiro atoms. The molecule has 20 heavy (non-hydrogen) atoms. The van der Waals surface area contributed by atoms with Crippen LogP contribution < -0.4 is 10.5 Å². The molecule has 0 amide bonds. The van der Waals surface area contributed by atoms with E-state index in [0.717, 1.165) is 5.56 Å². The van der Waals surface area contributed by atoms with Gasteiger partial charge in [0, 0.05) is 18.2 Å². The lowest BCUT2D eigenvalue weighted by Crippen LogP contribution is -2.02. The van der Waals surface area contributed by atoms with E-state index >= 15 is 0 Å². The van der Waals surface area contributed by atoms with Gasteiger partial charge >= 0.3 is 5.69 Å². The van der Waals surface area contributed by atoms with Crippen molar-refractivity contribution in [3.8, 4) is 11.5 Å². The van der Waals surface area contributed by atoms with Crippen molar-refractivity contribution in [3.05, 3.63) is 63.5 Å². The summed E-state index contributed by atoms with van der Waals surface area (Å²) in [6.45, 7) is 1.84. The molecule has 0 bridgehead atoms. The highest BCUT2D eigenvalue weighted by atomic mass is 19.1. The standard InChI is InChI=1S/C14H13FN2O3/c1-9-5-6-12(17(18)19)13(7-9)20-14-10(8-16)3-2-4-11(14)15/h2-7H,8,16H2,1H3. The van der Waals surface area contributed by atoms with Gasteiger partial charge in [-0.3, -0.25) is 10.1 Å². The maximum absolute atomic E-state index is 13.8. The second kappa shape index (κ2) is 5.66. The van der Waals surface area contributed by atoms with Gasteiger partial charge in [0.15, 0.2) is 11.6 Å². The lowest BCUT2D eigenvalue weighted by Gasteiger charge is -2.11. The number of benzene rings is 2. The summed E-state index contributed by atoms with van der Waals surface area (Å²) in [6, 6.07) is 8.75. The Labute approximate surface area is 114 Å². The fraction of sp³-hybridized carbons (Fsp3) is 0.143. The van der Waals surface area contributed by atoms with E-state index in [4.69, 9.17) is 10.5 Å². The van der Waals surface area contributed by atoms with E-state index < -0.39 is 10.7 Å². The number of para-hydroxylation sites is 1. The molecule has 0 radical (unpaired) electrons. The number of halogens is 1. The zero-order valence-electron chi connectivity index (χ0n) is 10.8. The summed E-state index contributed by atoms with van der Waals surface area (Å²) < 4.78 is 19.2. The molecule has 2 aromatic carbocycles. The number of nitro groups is 1. The van der Waals surface area contributed by atoms with Crippen LogP contribution in [0.25, 0.3) is 0 Å². The number of aryl methyl sites for hydroxylation is 1. The molecule has 0 aromatic heterocycles. The highest BCUT2D eigenvalue weighted by Gasteiger charge is 2.18. The molecule has 2 N–H and O–H groups in total.